The predicted molar refractivity (Wildman–Crippen MR) is 119 cm³/mol. The molecule has 152 valence electrons. The third kappa shape index (κ3) is 4.05. The number of carbonyl (C=O) groups excluding carboxylic acids is 1. The standard InChI is InChI=1S/C22H26N4O2S/c1-15-16(2)29-21-20(15)22(28)26(14-23-21)13-10-19(27)24-17-8-4-5-9-18(17)25-11-6-3-7-12-25/h4-5,8-9,14H,3,6-7,10-13H2,1-2H3,(H,24,27). The molecule has 1 aliphatic rings. The molecule has 0 radical (unpaired) electrons. The van der Waals surface area contributed by atoms with Crippen LogP contribution in [0.3, 0.4) is 0 Å². The average molecular weight is 411 g/mol. The molecule has 0 saturated carbocycles. The highest BCUT2D eigenvalue weighted by atomic mass is 32.1. The summed E-state index contributed by atoms with van der Waals surface area (Å²) in [5, 5.41) is 3.71. The second kappa shape index (κ2) is 8.37. The molecule has 1 aliphatic heterocycles. The van der Waals surface area contributed by atoms with Crippen LogP contribution in [0.5, 0.6) is 0 Å². The summed E-state index contributed by atoms with van der Waals surface area (Å²) < 4.78 is 1.54. The van der Waals surface area contributed by atoms with E-state index in [0.717, 1.165) is 39.7 Å². The molecular formula is C22H26N4O2S. The predicted octanol–water partition coefficient (Wildman–Crippen LogP) is 4.09. The lowest BCUT2D eigenvalue weighted by Gasteiger charge is -2.30. The fourth-order valence-electron chi connectivity index (χ4n) is 3.85. The molecule has 1 fully saturated rings. The molecule has 7 heteroatoms. The molecule has 1 N–H and O–H groups in total. The van der Waals surface area contributed by atoms with Crippen molar-refractivity contribution in [2.24, 2.45) is 0 Å². The molecule has 4 rings (SSSR count). The second-order valence-electron chi connectivity index (χ2n) is 7.57. The van der Waals surface area contributed by atoms with Gasteiger partial charge in [0.2, 0.25) is 5.91 Å². The maximum atomic E-state index is 12.8. The fourth-order valence-corrected chi connectivity index (χ4v) is 4.84. The number of carbonyl (C=O) groups is 1. The van der Waals surface area contributed by atoms with Gasteiger partial charge in [-0.15, -0.1) is 11.3 Å². The van der Waals surface area contributed by atoms with Crippen LogP contribution in [0.4, 0.5) is 11.4 Å². The van der Waals surface area contributed by atoms with Crippen molar-refractivity contribution in [1.82, 2.24) is 9.55 Å². The zero-order valence-electron chi connectivity index (χ0n) is 16.9. The van der Waals surface area contributed by atoms with Crippen molar-refractivity contribution in [3.63, 3.8) is 0 Å². The molecule has 0 unspecified atom stereocenters. The number of hydrogen-bond acceptors (Lipinski definition) is 5. The molecular weight excluding hydrogens is 384 g/mol. The van der Waals surface area contributed by atoms with E-state index in [1.807, 2.05) is 32.0 Å². The Morgan fingerprint density at radius 1 is 1.17 bits per heavy atom. The van der Waals surface area contributed by atoms with E-state index in [1.54, 1.807) is 6.33 Å². The highest BCUT2D eigenvalue weighted by Gasteiger charge is 2.16. The number of piperidine rings is 1. The lowest BCUT2D eigenvalue weighted by atomic mass is 10.1. The summed E-state index contributed by atoms with van der Waals surface area (Å²) in [7, 11) is 0. The van der Waals surface area contributed by atoms with E-state index < -0.39 is 0 Å². The van der Waals surface area contributed by atoms with Crippen molar-refractivity contribution < 1.29 is 4.79 Å². The topological polar surface area (TPSA) is 67.2 Å². The maximum Gasteiger partial charge on any atom is 0.262 e. The van der Waals surface area contributed by atoms with Crippen LogP contribution >= 0.6 is 11.3 Å². The number of anilines is 2. The van der Waals surface area contributed by atoms with Crippen molar-refractivity contribution in [3.05, 3.63) is 51.4 Å². The van der Waals surface area contributed by atoms with E-state index in [-0.39, 0.29) is 17.9 Å². The van der Waals surface area contributed by atoms with Gasteiger partial charge in [-0.25, -0.2) is 4.98 Å². The minimum absolute atomic E-state index is 0.0710. The van der Waals surface area contributed by atoms with Gasteiger partial charge in [0.15, 0.2) is 0 Å². The van der Waals surface area contributed by atoms with E-state index in [2.05, 4.69) is 21.3 Å². The number of nitrogens with zero attached hydrogens (tertiary/aromatic N) is 3. The molecule has 2 aromatic heterocycles. The molecule has 0 atom stereocenters. The van der Waals surface area contributed by atoms with Gasteiger partial charge in [-0.1, -0.05) is 12.1 Å². The van der Waals surface area contributed by atoms with Crippen molar-refractivity contribution in [2.75, 3.05) is 23.3 Å². The van der Waals surface area contributed by atoms with Crippen LogP contribution in [0, 0.1) is 13.8 Å². The van der Waals surface area contributed by atoms with Gasteiger partial charge < -0.3 is 10.2 Å². The Morgan fingerprint density at radius 3 is 2.72 bits per heavy atom. The number of benzene rings is 1. The molecule has 29 heavy (non-hydrogen) atoms. The van der Waals surface area contributed by atoms with Crippen molar-refractivity contribution in [2.45, 2.75) is 46.1 Å². The summed E-state index contributed by atoms with van der Waals surface area (Å²) in [6.07, 6.45) is 5.41. The van der Waals surface area contributed by atoms with Gasteiger partial charge in [-0.2, -0.15) is 0 Å². The first-order valence-electron chi connectivity index (χ1n) is 10.1. The summed E-state index contributed by atoms with van der Waals surface area (Å²) >= 11 is 1.53. The van der Waals surface area contributed by atoms with Crippen LogP contribution in [-0.4, -0.2) is 28.5 Å². The largest absolute Gasteiger partial charge is 0.370 e. The molecule has 3 heterocycles. The number of thiophene rings is 1. The van der Waals surface area contributed by atoms with Crippen molar-refractivity contribution in [1.29, 1.82) is 0 Å². The number of rotatable bonds is 5. The van der Waals surface area contributed by atoms with Crippen molar-refractivity contribution >= 4 is 38.8 Å². The van der Waals surface area contributed by atoms with Gasteiger partial charge in [0, 0.05) is 30.9 Å². The minimum Gasteiger partial charge on any atom is -0.370 e. The van der Waals surface area contributed by atoms with E-state index in [0.29, 0.717) is 11.9 Å². The Bertz CT molecular complexity index is 1100. The first-order chi connectivity index (χ1) is 14.0. The minimum atomic E-state index is -0.0975. The first kappa shape index (κ1) is 19.6. The van der Waals surface area contributed by atoms with E-state index >= 15 is 0 Å². The van der Waals surface area contributed by atoms with E-state index in [4.69, 9.17) is 0 Å². The van der Waals surface area contributed by atoms with Gasteiger partial charge in [-0.05, 0) is 50.8 Å². The summed E-state index contributed by atoms with van der Waals surface area (Å²) in [4.78, 5) is 34.0. The number of aromatic nitrogens is 2. The first-order valence-corrected chi connectivity index (χ1v) is 10.9. The Labute approximate surface area is 174 Å². The fraction of sp³-hybridized carbons (Fsp3) is 0.409. The average Bonchev–Trinajstić information content (AvgIpc) is 3.03. The lowest BCUT2D eigenvalue weighted by Crippen LogP contribution is -2.30. The van der Waals surface area contributed by atoms with Gasteiger partial charge in [-0.3, -0.25) is 14.2 Å². The number of hydrogen-bond donors (Lipinski definition) is 1. The van der Waals surface area contributed by atoms with Crippen molar-refractivity contribution in [3.8, 4) is 0 Å². The third-order valence-corrected chi connectivity index (χ3v) is 6.73. The molecule has 0 aliphatic carbocycles. The SMILES string of the molecule is Cc1sc2ncn(CCC(=O)Nc3ccccc3N3CCCCC3)c(=O)c2c1C. The zero-order chi connectivity index (χ0) is 20.4. The van der Waals surface area contributed by atoms with Gasteiger partial charge in [0.1, 0.15) is 4.83 Å². The Morgan fingerprint density at radius 2 is 1.93 bits per heavy atom. The molecule has 0 bridgehead atoms. The van der Waals surface area contributed by atoms with Crippen LogP contribution in [0.2, 0.25) is 0 Å². The van der Waals surface area contributed by atoms with E-state index in [1.165, 1.54) is 35.2 Å². The van der Waals surface area contributed by atoms with Gasteiger partial charge >= 0.3 is 0 Å². The molecule has 1 aromatic carbocycles. The van der Waals surface area contributed by atoms with Crippen LogP contribution in [0.15, 0.2) is 35.4 Å². The van der Waals surface area contributed by atoms with Crippen LogP contribution < -0.4 is 15.8 Å². The number of para-hydroxylation sites is 2. The lowest BCUT2D eigenvalue weighted by molar-refractivity contribution is -0.116. The third-order valence-electron chi connectivity index (χ3n) is 5.61. The van der Waals surface area contributed by atoms with Crippen LogP contribution in [0.1, 0.15) is 36.1 Å². The number of nitrogens with one attached hydrogen (secondary N) is 1. The second-order valence-corrected chi connectivity index (χ2v) is 8.77. The Kier molecular flexibility index (Phi) is 5.67. The zero-order valence-corrected chi connectivity index (χ0v) is 17.7. The van der Waals surface area contributed by atoms with Gasteiger partial charge in [0.05, 0.1) is 23.1 Å². The van der Waals surface area contributed by atoms with E-state index in [9.17, 15) is 9.59 Å². The van der Waals surface area contributed by atoms with Crippen LogP contribution in [0.25, 0.3) is 10.2 Å². The monoisotopic (exact) mass is 410 g/mol. The molecule has 1 saturated heterocycles. The number of aryl methyl sites for hydroxylation is 3. The highest BCUT2D eigenvalue weighted by molar-refractivity contribution is 7.18. The van der Waals surface area contributed by atoms with Gasteiger partial charge in [0.25, 0.3) is 5.56 Å². The smallest absolute Gasteiger partial charge is 0.262 e. The number of fused-ring (bicyclic) bond motifs is 1. The maximum absolute atomic E-state index is 12.8. The highest BCUT2D eigenvalue weighted by Crippen LogP contribution is 2.28. The number of amides is 1. The normalized spacial score (nSPS) is 14.3. The summed E-state index contributed by atoms with van der Waals surface area (Å²) in [6.45, 7) is 6.30. The molecule has 3 aromatic rings. The molecule has 1 amide bonds. The molecule has 0 spiro atoms. The summed E-state index contributed by atoms with van der Waals surface area (Å²) in [6, 6.07) is 7.95. The quantitative estimate of drug-likeness (QED) is 0.688. The molecule has 6 nitrogen and oxygen atoms in total. The van der Waals surface area contributed by atoms with Crippen LogP contribution in [-0.2, 0) is 11.3 Å². The Hall–Kier alpha value is -2.67. The summed E-state index contributed by atoms with van der Waals surface area (Å²) in [5.41, 5.74) is 2.82. The Balaban J connectivity index is 1.46. The summed E-state index contributed by atoms with van der Waals surface area (Å²) in [5.74, 6) is -0.0975.